The lowest BCUT2D eigenvalue weighted by molar-refractivity contribution is 0.660. The lowest BCUT2D eigenvalue weighted by atomic mass is 9.82. The molecule has 0 fully saturated rings. The second-order valence-corrected chi connectivity index (χ2v) is 15.1. The summed E-state index contributed by atoms with van der Waals surface area (Å²) in [5.74, 6) is 1.94. The fraction of sp³-hybridized carbons (Fsp3) is 0.0588. The first-order chi connectivity index (χ1) is 27.5. The SMILES string of the molecule is CC1(C)c2cc(-c3nc(-c4cccc(-c5ccccc5)c4)nc(-c4cccc5ccccc45)n3)ccc2-c2ccc(-n3c4ccccc4c4cccnc43)cc21. The summed E-state index contributed by atoms with van der Waals surface area (Å²) in [6.45, 7) is 4.65. The van der Waals surface area contributed by atoms with Gasteiger partial charge in [0.15, 0.2) is 17.5 Å². The van der Waals surface area contributed by atoms with E-state index in [2.05, 4.69) is 176 Å². The van der Waals surface area contributed by atoms with E-state index in [1.54, 1.807) is 0 Å². The summed E-state index contributed by atoms with van der Waals surface area (Å²) in [4.78, 5) is 20.4. The Kier molecular flexibility index (Phi) is 7.13. The molecule has 10 aromatic rings. The smallest absolute Gasteiger partial charge is 0.164 e. The third-order valence-corrected chi connectivity index (χ3v) is 11.5. The van der Waals surface area contributed by atoms with Crippen LogP contribution in [0.15, 0.2) is 176 Å². The third kappa shape index (κ3) is 5.01. The van der Waals surface area contributed by atoms with Crippen molar-refractivity contribution in [3.8, 4) is 62.1 Å². The zero-order valence-electron chi connectivity index (χ0n) is 31.0. The van der Waals surface area contributed by atoms with Crippen LogP contribution in [-0.4, -0.2) is 24.5 Å². The molecule has 264 valence electrons. The zero-order valence-corrected chi connectivity index (χ0v) is 31.0. The number of fused-ring (bicyclic) bond motifs is 7. The van der Waals surface area contributed by atoms with Crippen LogP contribution in [0.25, 0.3) is 94.8 Å². The Balaban J connectivity index is 1.06. The highest BCUT2D eigenvalue weighted by atomic mass is 15.0. The predicted octanol–water partition coefficient (Wildman–Crippen LogP) is 12.5. The van der Waals surface area contributed by atoms with Gasteiger partial charge < -0.3 is 0 Å². The molecular formula is C51H35N5. The second kappa shape index (κ2) is 12.4. The average molecular weight is 718 g/mol. The van der Waals surface area contributed by atoms with E-state index < -0.39 is 0 Å². The van der Waals surface area contributed by atoms with Gasteiger partial charge in [0.2, 0.25) is 0 Å². The molecule has 0 amide bonds. The minimum Gasteiger partial charge on any atom is -0.294 e. The second-order valence-electron chi connectivity index (χ2n) is 15.1. The van der Waals surface area contributed by atoms with Crippen LogP contribution in [-0.2, 0) is 5.41 Å². The number of hydrogen-bond donors (Lipinski definition) is 0. The van der Waals surface area contributed by atoms with Gasteiger partial charge in [-0.15, -0.1) is 0 Å². The Bertz CT molecular complexity index is 3120. The molecule has 0 aliphatic heterocycles. The Labute approximate surface area is 324 Å². The third-order valence-electron chi connectivity index (χ3n) is 11.5. The summed E-state index contributed by atoms with van der Waals surface area (Å²) in [6, 6.07) is 60.0. The van der Waals surface area contributed by atoms with Gasteiger partial charge >= 0.3 is 0 Å². The van der Waals surface area contributed by atoms with Gasteiger partial charge in [-0.3, -0.25) is 4.57 Å². The molecule has 56 heavy (non-hydrogen) atoms. The van der Waals surface area contributed by atoms with Gasteiger partial charge in [0.25, 0.3) is 0 Å². The molecule has 1 aliphatic carbocycles. The average Bonchev–Trinajstić information content (AvgIpc) is 3.71. The predicted molar refractivity (Wildman–Crippen MR) is 229 cm³/mol. The maximum absolute atomic E-state index is 5.23. The normalized spacial score (nSPS) is 13.0. The molecule has 0 saturated carbocycles. The van der Waals surface area contributed by atoms with Gasteiger partial charge in [0, 0.05) is 44.8 Å². The molecule has 11 rings (SSSR count). The van der Waals surface area contributed by atoms with E-state index in [9.17, 15) is 0 Å². The highest BCUT2D eigenvalue weighted by Crippen LogP contribution is 2.50. The van der Waals surface area contributed by atoms with Gasteiger partial charge in [-0.05, 0) is 86.6 Å². The van der Waals surface area contributed by atoms with Crippen molar-refractivity contribution >= 4 is 32.7 Å². The van der Waals surface area contributed by atoms with Crippen LogP contribution in [0.3, 0.4) is 0 Å². The van der Waals surface area contributed by atoms with E-state index in [-0.39, 0.29) is 5.41 Å². The number of para-hydroxylation sites is 1. The van der Waals surface area contributed by atoms with Gasteiger partial charge in [0.05, 0.1) is 5.52 Å². The molecule has 1 aliphatic rings. The van der Waals surface area contributed by atoms with Gasteiger partial charge in [-0.2, -0.15) is 0 Å². The number of benzene rings is 7. The fourth-order valence-electron chi connectivity index (χ4n) is 8.70. The minimum atomic E-state index is -0.277. The van der Waals surface area contributed by atoms with E-state index in [1.807, 2.05) is 18.3 Å². The van der Waals surface area contributed by atoms with Crippen LogP contribution in [0.2, 0.25) is 0 Å². The van der Waals surface area contributed by atoms with Gasteiger partial charge in [-0.25, -0.2) is 19.9 Å². The number of rotatable bonds is 5. The molecule has 3 aromatic heterocycles. The van der Waals surface area contributed by atoms with E-state index in [0.29, 0.717) is 17.5 Å². The summed E-state index contributed by atoms with van der Waals surface area (Å²) >= 11 is 0. The molecule has 0 saturated heterocycles. The Morgan fingerprint density at radius 3 is 1.91 bits per heavy atom. The fourth-order valence-corrected chi connectivity index (χ4v) is 8.70. The van der Waals surface area contributed by atoms with Crippen molar-refractivity contribution in [2.45, 2.75) is 19.3 Å². The number of hydrogen-bond acceptors (Lipinski definition) is 4. The lowest BCUT2D eigenvalue weighted by Gasteiger charge is -2.23. The molecule has 0 bridgehead atoms. The van der Waals surface area contributed by atoms with Crippen molar-refractivity contribution in [3.63, 3.8) is 0 Å². The standard InChI is InChI=1S/C51H35N5/c1-51(2)44-30-36(24-26-39(44)40-27-25-37(31-45(40)51)56-46-23-9-8-20-41(46)43-22-12-28-52-50(43)56)48-53-47(35-18-10-17-34(29-35)32-13-4-3-5-14-32)54-49(55-48)42-21-11-16-33-15-6-7-19-38(33)42/h3-31H,1-2H3. The van der Waals surface area contributed by atoms with E-state index in [1.165, 1.54) is 27.6 Å². The molecule has 0 atom stereocenters. The van der Waals surface area contributed by atoms with Crippen LogP contribution in [0, 0.1) is 0 Å². The molecule has 0 spiro atoms. The summed E-state index contributed by atoms with van der Waals surface area (Å²) in [6.07, 6.45) is 1.88. The van der Waals surface area contributed by atoms with Crippen molar-refractivity contribution in [3.05, 3.63) is 187 Å². The minimum absolute atomic E-state index is 0.277. The van der Waals surface area contributed by atoms with Gasteiger partial charge in [-0.1, -0.05) is 141 Å². The summed E-state index contributed by atoms with van der Waals surface area (Å²) in [5.41, 5.74) is 13.1. The molecule has 0 N–H and O–H groups in total. The maximum atomic E-state index is 5.23. The maximum Gasteiger partial charge on any atom is 0.164 e. The summed E-state index contributed by atoms with van der Waals surface area (Å²) in [5, 5.41) is 4.61. The summed E-state index contributed by atoms with van der Waals surface area (Å²) in [7, 11) is 0. The van der Waals surface area contributed by atoms with E-state index in [4.69, 9.17) is 19.9 Å². The van der Waals surface area contributed by atoms with Crippen molar-refractivity contribution in [1.82, 2.24) is 24.5 Å². The first-order valence-electron chi connectivity index (χ1n) is 19.1. The highest BCUT2D eigenvalue weighted by Gasteiger charge is 2.36. The monoisotopic (exact) mass is 717 g/mol. The summed E-state index contributed by atoms with van der Waals surface area (Å²) < 4.78 is 2.30. The zero-order chi connectivity index (χ0) is 37.4. The molecular weight excluding hydrogens is 683 g/mol. The van der Waals surface area contributed by atoms with Crippen LogP contribution in [0.1, 0.15) is 25.0 Å². The molecule has 3 heterocycles. The van der Waals surface area contributed by atoms with E-state index in [0.717, 1.165) is 60.8 Å². The van der Waals surface area contributed by atoms with Crippen molar-refractivity contribution < 1.29 is 0 Å². The van der Waals surface area contributed by atoms with Gasteiger partial charge in [0.1, 0.15) is 5.65 Å². The van der Waals surface area contributed by atoms with Crippen LogP contribution in [0.5, 0.6) is 0 Å². The number of nitrogens with zero attached hydrogens (tertiary/aromatic N) is 5. The molecule has 7 aromatic carbocycles. The largest absolute Gasteiger partial charge is 0.294 e. The van der Waals surface area contributed by atoms with Crippen LogP contribution >= 0.6 is 0 Å². The molecule has 0 radical (unpaired) electrons. The quantitative estimate of drug-likeness (QED) is 0.178. The first kappa shape index (κ1) is 32.2. The Morgan fingerprint density at radius 1 is 0.429 bits per heavy atom. The van der Waals surface area contributed by atoms with Crippen LogP contribution < -0.4 is 0 Å². The Hall–Kier alpha value is -7.24. The lowest BCUT2D eigenvalue weighted by Crippen LogP contribution is -2.15. The van der Waals surface area contributed by atoms with E-state index >= 15 is 0 Å². The molecule has 0 unspecified atom stereocenters. The molecule has 5 nitrogen and oxygen atoms in total. The first-order valence-corrected chi connectivity index (χ1v) is 19.1. The topological polar surface area (TPSA) is 56.5 Å². The van der Waals surface area contributed by atoms with Crippen molar-refractivity contribution in [2.75, 3.05) is 0 Å². The molecule has 5 heteroatoms. The van der Waals surface area contributed by atoms with Crippen molar-refractivity contribution in [2.24, 2.45) is 0 Å². The van der Waals surface area contributed by atoms with Crippen LogP contribution in [0.4, 0.5) is 0 Å². The van der Waals surface area contributed by atoms with Crippen molar-refractivity contribution in [1.29, 1.82) is 0 Å². The number of pyridine rings is 1. The highest BCUT2D eigenvalue weighted by molar-refractivity contribution is 6.08. The Morgan fingerprint density at radius 2 is 1.05 bits per heavy atom. The number of aromatic nitrogens is 5.